The van der Waals surface area contributed by atoms with Gasteiger partial charge in [-0.2, -0.15) is 0 Å². The van der Waals surface area contributed by atoms with E-state index >= 15 is 0 Å². The maximum absolute atomic E-state index is 10.9. The molecule has 0 atom stereocenters. The molecule has 0 saturated carbocycles. The standard InChI is InChI=1S/C10H9NO2/c1-7(12)3-4-9-5-10(8(2)13)11-6-9/h5-6,11H,1-2H3. The Hall–Kier alpha value is -1.82. The molecule has 0 saturated heterocycles. The molecule has 3 heteroatoms. The molecule has 1 aromatic heterocycles. The number of Topliss-reactive ketones (excluding diaryl/α,β-unsaturated/α-hetero) is 2. The maximum Gasteiger partial charge on any atom is 0.202 e. The normalized spacial score (nSPS) is 8.77. The lowest BCUT2D eigenvalue weighted by atomic mass is 10.2. The highest BCUT2D eigenvalue weighted by atomic mass is 16.1. The Bertz CT molecular complexity index is 404. The fourth-order valence-electron chi connectivity index (χ4n) is 0.830. The number of carbonyl (C=O) groups excluding carboxylic acids is 2. The fourth-order valence-corrected chi connectivity index (χ4v) is 0.830. The summed E-state index contributed by atoms with van der Waals surface area (Å²) >= 11 is 0. The molecule has 1 heterocycles. The average molecular weight is 175 g/mol. The van der Waals surface area contributed by atoms with Gasteiger partial charge in [0, 0.05) is 25.6 Å². The lowest BCUT2D eigenvalue weighted by Gasteiger charge is -1.82. The van der Waals surface area contributed by atoms with Crippen molar-refractivity contribution in [2.45, 2.75) is 13.8 Å². The first kappa shape index (κ1) is 9.27. The average Bonchev–Trinajstić information content (AvgIpc) is 2.48. The van der Waals surface area contributed by atoms with Crippen molar-refractivity contribution < 1.29 is 9.59 Å². The molecule has 1 N–H and O–H groups in total. The Morgan fingerprint density at radius 3 is 2.54 bits per heavy atom. The van der Waals surface area contributed by atoms with Crippen LogP contribution >= 0.6 is 0 Å². The van der Waals surface area contributed by atoms with Gasteiger partial charge in [0.15, 0.2) is 5.78 Å². The van der Waals surface area contributed by atoms with Gasteiger partial charge in [0.25, 0.3) is 0 Å². The van der Waals surface area contributed by atoms with Gasteiger partial charge in [-0.1, -0.05) is 5.92 Å². The van der Waals surface area contributed by atoms with E-state index in [2.05, 4.69) is 16.8 Å². The van der Waals surface area contributed by atoms with Crippen LogP contribution in [0.25, 0.3) is 0 Å². The highest BCUT2D eigenvalue weighted by Crippen LogP contribution is 2.01. The van der Waals surface area contributed by atoms with Crippen molar-refractivity contribution in [3.8, 4) is 11.8 Å². The van der Waals surface area contributed by atoms with Crippen LogP contribution in [-0.4, -0.2) is 16.6 Å². The first-order chi connectivity index (χ1) is 6.09. The Balaban J connectivity index is 2.89. The Morgan fingerprint density at radius 2 is 2.08 bits per heavy atom. The van der Waals surface area contributed by atoms with Gasteiger partial charge < -0.3 is 4.98 Å². The third kappa shape index (κ3) is 2.60. The van der Waals surface area contributed by atoms with E-state index in [1.54, 1.807) is 12.3 Å². The van der Waals surface area contributed by atoms with Crippen LogP contribution in [0.3, 0.4) is 0 Å². The van der Waals surface area contributed by atoms with E-state index in [1.165, 1.54) is 13.8 Å². The molecule has 0 bridgehead atoms. The topological polar surface area (TPSA) is 49.9 Å². The van der Waals surface area contributed by atoms with Gasteiger partial charge in [-0.25, -0.2) is 0 Å². The molecule has 0 spiro atoms. The van der Waals surface area contributed by atoms with Gasteiger partial charge in [0.1, 0.15) is 0 Å². The smallest absolute Gasteiger partial charge is 0.202 e. The highest BCUT2D eigenvalue weighted by molar-refractivity contribution is 5.94. The van der Waals surface area contributed by atoms with Crippen LogP contribution in [0.15, 0.2) is 12.3 Å². The van der Waals surface area contributed by atoms with Gasteiger partial charge in [0.05, 0.1) is 5.69 Å². The molecule has 0 amide bonds. The molecule has 1 rings (SSSR count). The number of aromatic amines is 1. The molecule has 0 aliphatic carbocycles. The van der Waals surface area contributed by atoms with E-state index in [0.29, 0.717) is 11.3 Å². The number of H-pyrrole nitrogens is 1. The summed E-state index contributed by atoms with van der Waals surface area (Å²) in [4.78, 5) is 24.1. The number of nitrogens with one attached hydrogen (secondary N) is 1. The summed E-state index contributed by atoms with van der Waals surface area (Å²) in [7, 11) is 0. The summed E-state index contributed by atoms with van der Waals surface area (Å²) in [6, 6.07) is 1.62. The molecular formula is C10H9NO2. The zero-order valence-electron chi connectivity index (χ0n) is 7.47. The van der Waals surface area contributed by atoms with Crippen molar-refractivity contribution in [2.75, 3.05) is 0 Å². The van der Waals surface area contributed by atoms with Gasteiger partial charge in [-0.05, 0) is 12.0 Å². The van der Waals surface area contributed by atoms with Crippen molar-refractivity contribution in [1.29, 1.82) is 0 Å². The minimum absolute atomic E-state index is 0.0455. The van der Waals surface area contributed by atoms with Crippen molar-refractivity contribution >= 4 is 11.6 Å². The summed E-state index contributed by atoms with van der Waals surface area (Å²) in [5.74, 6) is 4.80. The second kappa shape index (κ2) is 3.72. The van der Waals surface area contributed by atoms with Crippen molar-refractivity contribution in [3.63, 3.8) is 0 Å². The second-order valence-electron chi connectivity index (χ2n) is 2.66. The highest BCUT2D eigenvalue weighted by Gasteiger charge is 2.00. The van der Waals surface area contributed by atoms with Gasteiger partial charge >= 0.3 is 0 Å². The summed E-state index contributed by atoms with van der Waals surface area (Å²) in [5.41, 5.74) is 1.16. The largest absolute Gasteiger partial charge is 0.358 e. The quantitative estimate of drug-likeness (QED) is 0.514. The second-order valence-corrected chi connectivity index (χ2v) is 2.66. The number of ketones is 2. The summed E-state index contributed by atoms with van der Waals surface area (Å²) in [6.45, 7) is 2.86. The molecule has 66 valence electrons. The zero-order valence-corrected chi connectivity index (χ0v) is 7.47. The molecule has 13 heavy (non-hydrogen) atoms. The molecule has 0 unspecified atom stereocenters. The number of hydrogen-bond donors (Lipinski definition) is 1. The van der Waals surface area contributed by atoms with Gasteiger partial charge in [0.2, 0.25) is 5.78 Å². The van der Waals surface area contributed by atoms with Crippen LogP contribution in [0.2, 0.25) is 0 Å². The van der Waals surface area contributed by atoms with Crippen molar-refractivity contribution in [1.82, 2.24) is 4.98 Å². The molecule has 0 fully saturated rings. The number of hydrogen-bond acceptors (Lipinski definition) is 2. The summed E-state index contributed by atoms with van der Waals surface area (Å²) in [5, 5.41) is 0. The third-order valence-electron chi connectivity index (χ3n) is 1.45. The molecular weight excluding hydrogens is 166 g/mol. The third-order valence-corrected chi connectivity index (χ3v) is 1.45. The molecule has 0 aromatic carbocycles. The SMILES string of the molecule is CC(=O)C#Cc1c[nH]c(C(C)=O)c1. The minimum atomic E-state index is -0.189. The molecule has 0 radical (unpaired) electrons. The van der Waals surface area contributed by atoms with Crippen LogP contribution in [0, 0.1) is 11.8 Å². The monoisotopic (exact) mass is 175 g/mol. The lowest BCUT2D eigenvalue weighted by Crippen LogP contribution is -1.89. The van der Waals surface area contributed by atoms with Crippen molar-refractivity contribution in [2.24, 2.45) is 0 Å². The number of carbonyl (C=O) groups is 2. The van der Waals surface area contributed by atoms with Crippen LogP contribution in [0.5, 0.6) is 0 Å². The summed E-state index contributed by atoms with van der Waals surface area (Å²) < 4.78 is 0. The first-order valence-corrected chi connectivity index (χ1v) is 3.81. The molecule has 0 aliphatic rings. The predicted molar refractivity (Wildman–Crippen MR) is 48.4 cm³/mol. The van der Waals surface area contributed by atoms with Crippen LogP contribution in [0.1, 0.15) is 29.9 Å². The van der Waals surface area contributed by atoms with E-state index in [0.717, 1.165) is 0 Å². The Kier molecular flexibility index (Phi) is 2.65. The maximum atomic E-state index is 10.9. The lowest BCUT2D eigenvalue weighted by molar-refractivity contribution is -0.111. The van der Waals surface area contributed by atoms with Gasteiger partial charge in [-0.3, -0.25) is 9.59 Å². The Labute approximate surface area is 76.2 Å². The van der Waals surface area contributed by atoms with E-state index in [4.69, 9.17) is 0 Å². The predicted octanol–water partition coefficient (Wildman–Crippen LogP) is 1.16. The number of aromatic nitrogens is 1. The van der Waals surface area contributed by atoms with E-state index in [9.17, 15) is 9.59 Å². The van der Waals surface area contributed by atoms with E-state index in [1.807, 2.05) is 0 Å². The zero-order chi connectivity index (χ0) is 9.84. The van der Waals surface area contributed by atoms with Crippen LogP contribution < -0.4 is 0 Å². The van der Waals surface area contributed by atoms with Crippen LogP contribution in [-0.2, 0) is 4.79 Å². The number of rotatable bonds is 1. The van der Waals surface area contributed by atoms with Crippen molar-refractivity contribution in [3.05, 3.63) is 23.5 Å². The van der Waals surface area contributed by atoms with Gasteiger partial charge in [-0.15, -0.1) is 0 Å². The molecule has 1 aromatic rings. The molecule has 3 nitrogen and oxygen atoms in total. The van der Waals surface area contributed by atoms with Crippen LogP contribution in [0.4, 0.5) is 0 Å². The molecule has 0 aliphatic heterocycles. The first-order valence-electron chi connectivity index (χ1n) is 3.81. The summed E-state index contributed by atoms with van der Waals surface area (Å²) in [6.07, 6.45) is 1.60. The van der Waals surface area contributed by atoms with E-state index in [-0.39, 0.29) is 11.6 Å². The fraction of sp³-hybridized carbons (Fsp3) is 0.200. The Morgan fingerprint density at radius 1 is 1.38 bits per heavy atom. The van der Waals surface area contributed by atoms with E-state index < -0.39 is 0 Å². The minimum Gasteiger partial charge on any atom is -0.358 e.